The van der Waals surface area contributed by atoms with E-state index in [0.29, 0.717) is 0 Å². The van der Waals surface area contributed by atoms with E-state index in [1.807, 2.05) is 0 Å². The monoisotopic (exact) mass is 526 g/mol. The first kappa shape index (κ1) is 10.6. The van der Waals surface area contributed by atoms with E-state index >= 15 is 0 Å². The van der Waals surface area contributed by atoms with Crippen LogP contribution in [0.3, 0.4) is 0 Å². The Morgan fingerprint density at radius 2 is 1.12 bits per heavy atom. The van der Waals surface area contributed by atoms with Crippen molar-refractivity contribution in [3.05, 3.63) is 4.91 Å². The number of rotatable bonds is 1. The molecular formula is Br5NORu. The maximum absolute atomic E-state index is 10.1. The molecule has 54 valence electrons. The van der Waals surface area contributed by atoms with Crippen molar-refractivity contribution in [1.82, 2.24) is 0 Å². The Balaban J connectivity index is 4.77. The van der Waals surface area contributed by atoms with Gasteiger partial charge in [-0.15, -0.1) is 0 Å². The van der Waals surface area contributed by atoms with E-state index in [1.54, 1.807) is 0 Å². The molecular weight excluding hydrogens is 531 g/mol. The van der Waals surface area contributed by atoms with Gasteiger partial charge >= 0.3 is 79.8 Å². The molecule has 0 unspecified atom stereocenters. The van der Waals surface area contributed by atoms with Crippen LogP contribution in [0.25, 0.3) is 0 Å². The summed E-state index contributed by atoms with van der Waals surface area (Å²) in [6.45, 7) is 0. The SMILES string of the molecule is O=[N][Ru]([Br])([Br])([Br])([Br])[Br]. The van der Waals surface area contributed by atoms with Gasteiger partial charge in [0.05, 0.1) is 0 Å². The van der Waals surface area contributed by atoms with Gasteiger partial charge in [0.25, 0.3) is 0 Å². The van der Waals surface area contributed by atoms with E-state index < -0.39 is 2.86 Å². The van der Waals surface area contributed by atoms with Crippen LogP contribution < -0.4 is 0 Å². The molecule has 0 aromatic carbocycles. The molecule has 0 amide bonds. The summed E-state index contributed by atoms with van der Waals surface area (Å²) in [5.74, 6) is 0. The molecule has 2 nitrogen and oxygen atoms in total. The average Bonchev–Trinajstić information content (AvgIpc) is 1.30. The second kappa shape index (κ2) is 2.06. The Kier molecular flexibility index (Phi) is 2.74. The van der Waals surface area contributed by atoms with Crippen molar-refractivity contribution >= 4 is 68.1 Å². The van der Waals surface area contributed by atoms with Gasteiger partial charge < -0.3 is 0 Å². The van der Waals surface area contributed by atoms with Crippen molar-refractivity contribution < 1.29 is 2.86 Å². The molecule has 0 radical (unpaired) electrons. The fourth-order valence-corrected chi connectivity index (χ4v) is 0. The molecule has 0 aliphatic carbocycles. The molecule has 0 aromatic rings. The summed E-state index contributed by atoms with van der Waals surface area (Å²) in [4.78, 5) is 10.1. The molecule has 0 spiro atoms. The van der Waals surface area contributed by atoms with Crippen molar-refractivity contribution in [2.75, 3.05) is 0 Å². The first-order valence-corrected chi connectivity index (χ1v) is 21.7. The van der Waals surface area contributed by atoms with Crippen molar-refractivity contribution in [1.29, 1.82) is 0 Å². The third-order valence-corrected chi connectivity index (χ3v) is 3.75. The normalized spacial score (nSPS) is 21.1. The van der Waals surface area contributed by atoms with Crippen LogP contribution in [0.2, 0.25) is 0 Å². The van der Waals surface area contributed by atoms with Crippen molar-refractivity contribution in [2.24, 2.45) is 3.92 Å². The summed E-state index contributed by atoms with van der Waals surface area (Å²) < 4.78 is -1.18. The number of halogens is 5. The zero-order valence-electron chi connectivity index (χ0n) is 3.10. The van der Waals surface area contributed by atoms with Gasteiger partial charge in [0, 0.05) is 0 Å². The Hall–Kier alpha value is 2.62. The molecule has 0 bridgehead atoms. The van der Waals surface area contributed by atoms with Crippen LogP contribution >= 0.6 is 68.1 Å². The van der Waals surface area contributed by atoms with Crippen LogP contribution in [-0.4, -0.2) is 0 Å². The average molecular weight is 531 g/mol. The molecule has 0 rings (SSSR count). The minimum atomic E-state index is -3.97. The summed E-state index contributed by atoms with van der Waals surface area (Å²) in [5, 5.41) is 0. The Labute approximate surface area is 78.2 Å². The van der Waals surface area contributed by atoms with Crippen molar-refractivity contribution in [3.63, 3.8) is 0 Å². The number of nitrogens with zero attached hydrogens (tertiary/aromatic N) is 1. The van der Waals surface area contributed by atoms with Gasteiger partial charge in [-0.25, -0.2) is 0 Å². The Bertz CT molecular complexity index is 116. The second-order valence-corrected chi connectivity index (χ2v) is 90.2. The van der Waals surface area contributed by atoms with Crippen LogP contribution in [0.15, 0.2) is 3.92 Å². The molecule has 0 atom stereocenters. The standard InChI is InChI=1S/5BrH.NO.Ru/c;;;;;1-2;/h5*1H;;/q;;;;;-1;+6/p-5. The first-order chi connectivity index (χ1) is 3.04. The van der Waals surface area contributed by atoms with Crippen molar-refractivity contribution in [3.8, 4) is 0 Å². The van der Waals surface area contributed by atoms with Crippen LogP contribution in [0.5, 0.6) is 0 Å². The van der Waals surface area contributed by atoms with Gasteiger partial charge in [-0.3, -0.25) is 0 Å². The van der Waals surface area contributed by atoms with Crippen LogP contribution in [0, 0.1) is 4.91 Å². The minimum absolute atomic E-state index is 2.79. The Morgan fingerprint density at radius 3 is 1.12 bits per heavy atom. The summed E-state index contributed by atoms with van der Waals surface area (Å²) in [6, 6.07) is 0. The topological polar surface area (TPSA) is 29.4 Å². The van der Waals surface area contributed by atoms with Gasteiger partial charge in [-0.1, -0.05) is 0 Å². The summed E-state index contributed by atoms with van der Waals surface area (Å²) in [5.41, 5.74) is 0. The van der Waals surface area contributed by atoms with E-state index in [4.69, 9.17) is 0 Å². The molecule has 0 aliphatic rings. The zero-order valence-corrected chi connectivity index (χ0v) is 12.8. The molecule has 8 heavy (non-hydrogen) atoms. The van der Waals surface area contributed by atoms with Gasteiger partial charge in [0.1, 0.15) is 0 Å². The molecule has 0 saturated carbocycles. The fourth-order valence-electron chi connectivity index (χ4n) is 0. The zero-order chi connectivity index (χ0) is 7.12. The van der Waals surface area contributed by atoms with E-state index in [2.05, 4.69) is 72.0 Å². The fraction of sp³-hybridized carbons (Fsp3) is 0. The summed E-state index contributed by atoms with van der Waals surface area (Å²) in [7, 11) is 0. The van der Waals surface area contributed by atoms with Crippen LogP contribution in [-0.2, 0) is 2.86 Å². The van der Waals surface area contributed by atoms with Gasteiger partial charge in [0.15, 0.2) is 0 Å². The van der Waals surface area contributed by atoms with Crippen LogP contribution in [0.1, 0.15) is 0 Å². The van der Waals surface area contributed by atoms with E-state index in [1.165, 1.54) is 0 Å². The molecule has 0 saturated heterocycles. The van der Waals surface area contributed by atoms with Gasteiger partial charge in [-0.05, 0) is 0 Å². The predicted molar refractivity (Wildman–Crippen MR) is 50.4 cm³/mol. The number of nitroso groups, excluding NO2 is 1. The second-order valence-electron chi connectivity index (χ2n) is 0.868. The molecule has 0 N–H and O–H groups in total. The quantitative estimate of drug-likeness (QED) is 0.364. The predicted octanol–water partition coefficient (Wildman–Crippen LogP) is 4.44. The van der Waals surface area contributed by atoms with Crippen molar-refractivity contribution in [2.45, 2.75) is 0 Å². The third-order valence-electron chi connectivity index (χ3n) is 0.122. The number of hydrogen-bond donors (Lipinski definition) is 0. The third kappa shape index (κ3) is 8.62. The summed E-state index contributed by atoms with van der Waals surface area (Å²) >= 11 is 15.2. The van der Waals surface area contributed by atoms with E-state index in [-0.39, 0.29) is 0 Å². The molecule has 0 aliphatic heterocycles. The molecule has 0 aromatic heterocycles. The van der Waals surface area contributed by atoms with E-state index in [9.17, 15) is 4.91 Å². The Morgan fingerprint density at radius 1 is 1.00 bits per heavy atom. The van der Waals surface area contributed by atoms with Gasteiger partial charge in [0.2, 0.25) is 0 Å². The molecule has 0 heterocycles. The van der Waals surface area contributed by atoms with E-state index in [0.717, 1.165) is 0 Å². The number of hydrogen-bond acceptors (Lipinski definition) is 2. The summed E-state index contributed by atoms with van der Waals surface area (Å²) in [6.07, 6.45) is 0. The van der Waals surface area contributed by atoms with Crippen LogP contribution in [0.4, 0.5) is 0 Å². The first-order valence-electron chi connectivity index (χ1n) is 1.01. The maximum atomic E-state index is 10.1. The molecule has 8 heteroatoms. The van der Waals surface area contributed by atoms with Gasteiger partial charge in [-0.2, -0.15) is 0 Å². The molecule has 0 fully saturated rings.